The van der Waals surface area contributed by atoms with Crippen LogP contribution in [0.2, 0.25) is 0 Å². The Kier molecular flexibility index (Phi) is 13.0. The van der Waals surface area contributed by atoms with Gasteiger partial charge in [0.05, 0.1) is 17.1 Å². The number of hydrogen-bond acceptors (Lipinski definition) is 8. The summed E-state index contributed by atoms with van der Waals surface area (Å²) in [5.41, 5.74) is 6.50. The van der Waals surface area contributed by atoms with Crippen LogP contribution >= 0.6 is 0 Å². The van der Waals surface area contributed by atoms with Crippen LogP contribution in [0.1, 0.15) is 117 Å². The van der Waals surface area contributed by atoms with Crippen LogP contribution in [0.25, 0.3) is 11.6 Å². The first kappa shape index (κ1) is 37.6. The lowest BCUT2D eigenvalue weighted by molar-refractivity contribution is -0.122. The fourth-order valence-electron chi connectivity index (χ4n) is 6.48. The molecule has 0 aromatic carbocycles. The summed E-state index contributed by atoms with van der Waals surface area (Å²) >= 11 is 0. The van der Waals surface area contributed by atoms with Crippen LogP contribution in [0, 0.1) is 18.3 Å². The summed E-state index contributed by atoms with van der Waals surface area (Å²) in [6.45, 7) is 22.6. The Morgan fingerprint density at radius 3 is 2.45 bits per heavy atom. The van der Waals surface area contributed by atoms with Crippen molar-refractivity contribution in [3.8, 4) is 0 Å². The summed E-state index contributed by atoms with van der Waals surface area (Å²) in [4.78, 5) is 30.2. The average molecular weight is 667 g/mol. The lowest BCUT2D eigenvalue weighted by Gasteiger charge is -2.31. The summed E-state index contributed by atoms with van der Waals surface area (Å²) in [5.74, 6) is 3.51. The van der Waals surface area contributed by atoms with E-state index in [4.69, 9.17) is 14.7 Å². The minimum atomic E-state index is -0.439. The second-order valence-corrected chi connectivity index (χ2v) is 14.4. The zero-order valence-corrected chi connectivity index (χ0v) is 31.4. The Morgan fingerprint density at radius 2 is 1.84 bits per heavy atom. The van der Waals surface area contributed by atoms with E-state index in [1.165, 1.54) is 25.7 Å². The number of rotatable bonds is 15. The third-order valence-electron chi connectivity index (χ3n) is 9.40. The van der Waals surface area contributed by atoms with Crippen LogP contribution in [0.5, 0.6) is 0 Å². The molecule has 8 heteroatoms. The molecule has 0 saturated heterocycles. The maximum Gasteiger partial charge on any atom is 0.227 e. The molecule has 0 atom stereocenters. The normalized spacial score (nSPS) is 16.1. The highest BCUT2D eigenvalue weighted by molar-refractivity contribution is 6.02. The second kappa shape index (κ2) is 17.0. The van der Waals surface area contributed by atoms with Gasteiger partial charge in [0, 0.05) is 49.0 Å². The number of nitrogens with one attached hydrogen (secondary N) is 2. The molecule has 0 radical (unpaired) electrons. The van der Waals surface area contributed by atoms with Crippen LogP contribution in [0.4, 0.5) is 17.5 Å². The molecule has 2 aromatic heterocycles. The number of pyridine rings is 1. The standard InChI is InChI=1S/C41H58N6O2/c1-11-14-22-47(21-12-2)36-23-27(4)28(5)37(49-36)33(13-3)34-19-20-35(39(42-10)45-34)46-40-43-26-32(29(6)44-40)25-31(38(48)41(7,8)9)24-30-17-15-16-18-30/h13,19-20,23,25-26,30H,4,11-12,14-18,21-22,24H2,1-3,5-10H3,(H,42,45)(H,43,44,46)/b31-25+,33-13-. The van der Waals surface area contributed by atoms with Gasteiger partial charge in [0.25, 0.3) is 0 Å². The zero-order valence-electron chi connectivity index (χ0n) is 31.4. The molecule has 0 spiro atoms. The predicted octanol–water partition coefficient (Wildman–Crippen LogP) is 10.2. The number of aryl methyl sites for hydroxylation is 1. The lowest BCUT2D eigenvalue weighted by Crippen LogP contribution is -2.28. The molecule has 2 N–H and O–H groups in total. The van der Waals surface area contributed by atoms with Crippen molar-refractivity contribution in [2.24, 2.45) is 11.3 Å². The van der Waals surface area contributed by atoms with Gasteiger partial charge in [-0.25, -0.2) is 15.0 Å². The Labute approximate surface area is 295 Å². The third-order valence-corrected chi connectivity index (χ3v) is 9.40. The van der Waals surface area contributed by atoms with Crippen molar-refractivity contribution in [2.75, 3.05) is 30.8 Å². The van der Waals surface area contributed by atoms with Crippen molar-refractivity contribution in [3.63, 3.8) is 0 Å². The first-order valence-electron chi connectivity index (χ1n) is 18.2. The van der Waals surface area contributed by atoms with Crippen molar-refractivity contribution in [2.45, 2.75) is 107 Å². The minimum absolute atomic E-state index is 0.197. The molecule has 1 fully saturated rings. The van der Waals surface area contributed by atoms with E-state index in [0.717, 1.165) is 95.3 Å². The first-order chi connectivity index (χ1) is 23.4. The molecule has 3 heterocycles. The van der Waals surface area contributed by atoms with Crippen molar-refractivity contribution < 1.29 is 9.53 Å². The molecule has 1 saturated carbocycles. The van der Waals surface area contributed by atoms with Gasteiger partial charge >= 0.3 is 0 Å². The van der Waals surface area contributed by atoms with Gasteiger partial charge in [-0.05, 0) is 80.9 Å². The van der Waals surface area contributed by atoms with E-state index in [1.54, 1.807) is 0 Å². The quantitative estimate of drug-likeness (QED) is 0.182. The molecule has 264 valence electrons. The van der Waals surface area contributed by atoms with Crippen LogP contribution in [-0.2, 0) is 9.53 Å². The molecular formula is C41H58N6O2. The molecule has 0 amide bonds. The predicted molar refractivity (Wildman–Crippen MR) is 204 cm³/mol. The Hall–Kier alpha value is -4.20. The van der Waals surface area contributed by atoms with E-state index < -0.39 is 5.41 Å². The Bertz CT molecular complexity index is 1640. The molecule has 0 bridgehead atoms. The number of carbonyl (C=O) groups is 1. The highest BCUT2D eigenvalue weighted by Crippen LogP contribution is 2.37. The van der Waals surface area contributed by atoms with Gasteiger partial charge in [-0.1, -0.05) is 79.4 Å². The summed E-state index contributed by atoms with van der Waals surface area (Å²) in [6, 6.07) is 3.97. The number of ether oxygens (including phenoxy) is 1. The number of Topliss-reactive ketones (excluding diaryl/α,β-unsaturated/α-hetero) is 1. The summed E-state index contributed by atoms with van der Waals surface area (Å²) < 4.78 is 6.63. The molecule has 1 aliphatic carbocycles. The number of unbranched alkanes of at least 4 members (excludes halogenated alkanes) is 1. The fourth-order valence-corrected chi connectivity index (χ4v) is 6.48. The fraction of sp³-hybridized carbons (Fsp3) is 0.512. The van der Waals surface area contributed by atoms with E-state index in [-0.39, 0.29) is 5.78 Å². The highest BCUT2D eigenvalue weighted by Gasteiger charge is 2.28. The zero-order chi connectivity index (χ0) is 35.7. The second-order valence-electron chi connectivity index (χ2n) is 14.4. The van der Waals surface area contributed by atoms with E-state index in [0.29, 0.717) is 17.7 Å². The van der Waals surface area contributed by atoms with Gasteiger partial charge in [-0.2, -0.15) is 0 Å². The molecule has 2 aromatic rings. The summed E-state index contributed by atoms with van der Waals surface area (Å²) in [5, 5.41) is 6.60. The summed E-state index contributed by atoms with van der Waals surface area (Å²) in [7, 11) is 1.85. The van der Waals surface area contributed by atoms with E-state index in [1.807, 2.05) is 72.1 Å². The summed E-state index contributed by atoms with van der Waals surface area (Å²) in [6.07, 6.45) is 16.9. The van der Waals surface area contributed by atoms with E-state index in [2.05, 4.69) is 53.9 Å². The van der Waals surface area contributed by atoms with Gasteiger partial charge in [0.2, 0.25) is 5.95 Å². The van der Waals surface area contributed by atoms with Crippen molar-refractivity contribution in [3.05, 3.63) is 82.4 Å². The van der Waals surface area contributed by atoms with Gasteiger partial charge in [0.15, 0.2) is 11.7 Å². The average Bonchev–Trinajstić information content (AvgIpc) is 3.59. The number of nitrogens with zero attached hydrogens (tertiary/aromatic N) is 4. The molecule has 49 heavy (non-hydrogen) atoms. The highest BCUT2D eigenvalue weighted by atomic mass is 16.5. The van der Waals surface area contributed by atoms with Gasteiger partial charge in [0.1, 0.15) is 11.6 Å². The molecule has 0 unspecified atom stereocenters. The van der Waals surface area contributed by atoms with Gasteiger partial charge in [-0.15, -0.1) is 0 Å². The van der Waals surface area contributed by atoms with Gasteiger partial charge < -0.3 is 20.3 Å². The Balaban J connectivity index is 1.58. The van der Waals surface area contributed by atoms with E-state index in [9.17, 15) is 4.79 Å². The number of anilines is 3. The number of hydrogen-bond donors (Lipinski definition) is 2. The number of aromatic nitrogens is 3. The van der Waals surface area contributed by atoms with Crippen LogP contribution in [0.3, 0.4) is 0 Å². The monoisotopic (exact) mass is 666 g/mol. The van der Waals surface area contributed by atoms with Crippen LogP contribution < -0.4 is 10.6 Å². The first-order valence-corrected chi connectivity index (χ1v) is 18.2. The number of allylic oxidation sites excluding steroid dienone is 6. The maximum absolute atomic E-state index is 13.4. The van der Waals surface area contributed by atoms with Crippen molar-refractivity contribution >= 4 is 34.9 Å². The third kappa shape index (κ3) is 9.49. The minimum Gasteiger partial charge on any atom is -0.440 e. The maximum atomic E-state index is 13.4. The van der Waals surface area contributed by atoms with Crippen LogP contribution in [-0.4, -0.2) is 45.8 Å². The van der Waals surface area contributed by atoms with E-state index >= 15 is 0 Å². The smallest absolute Gasteiger partial charge is 0.227 e. The van der Waals surface area contributed by atoms with Crippen molar-refractivity contribution in [1.82, 2.24) is 19.9 Å². The number of ketones is 1. The molecule has 8 nitrogen and oxygen atoms in total. The molecule has 4 rings (SSSR count). The SMILES string of the molecule is C=C1C=C(N(CCC)CCCC)OC(/C(=C\C)c2ccc(Nc3ncc(/C=C(\CC4CCCC4)C(=O)C(C)(C)C)c(C)n3)c(NC)n2)=C1C. The largest absolute Gasteiger partial charge is 0.440 e. The van der Waals surface area contributed by atoms with Gasteiger partial charge in [-0.3, -0.25) is 4.79 Å². The number of carbonyl (C=O) groups excluding carboxylic acids is 1. The lowest BCUT2D eigenvalue weighted by atomic mass is 9.82. The molecular weight excluding hydrogens is 608 g/mol. The molecule has 1 aliphatic heterocycles. The molecule has 2 aliphatic rings. The van der Waals surface area contributed by atoms with Crippen molar-refractivity contribution in [1.29, 1.82) is 0 Å². The topological polar surface area (TPSA) is 92.3 Å². The Morgan fingerprint density at radius 1 is 1.10 bits per heavy atom. The van der Waals surface area contributed by atoms with Crippen LogP contribution in [0.15, 0.2) is 65.4 Å².